The zero-order valence-corrected chi connectivity index (χ0v) is 12.7. The minimum absolute atomic E-state index is 0.0735. The number of rotatable bonds is 3. The van der Waals surface area contributed by atoms with Gasteiger partial charge in [-0.05, 0) is 31.2 Å². The van der Waals surface area contributed by atoms with Gasteiger partial charge in [-0.25, -0.2) is 0 Å². The van der Waals surface area contributed by atoms with Crippen molar-refractivity contribution >= 4 is 5.91 Å². The minimum Gasteiger partial charge on any atom is -0.365 e. The van der Waals surface area contributed by atoms with Crippen molar-refractivity contribution in [2.75, 3.05) is 0 Å². The normalized spacial score (nSPS) is 10.7. The molecule has 1 amide bonds. The van der Waals surface area contributed by atoms with E-state index in [0.717, 1.165) is 5.69 Å². The van der Waals surface area contributed by atoms with Crippen LogP contribution in [-0.4, -0.2) is 25.2 Å². The number of hydrogen-bond donors (Lipinski definition) is 1. The third kappa shape index (κ3) is 2.42. The molecule has 0 aliphatic rings. The zero-order chi connectivity index (χ0) is 16.6. The van der Waals surface area contributed by atoms with Gasteiger partial charge in [0.25, 0.3) is 11.5 Å². The Morgan fingerprint density at radius 2 is 2.04 bits per heavy atom. The summed E-state index contributed by atoms with van der Waals surface area (Å²) < 4.78 is 3.11. The van der Waals surface area contributed by atoms with Crippen LogP contribution in [0.2, 0.25) is 0 Å². The molecule has 0 atom stereocenters. The van der Waals surface area contributed by atoms with E-state index >= 15 is 0 Å². The van der Waals surface area contributed by atoms with Gasteiger partial charge in [-0.1, -0.05) is 0 Å². The first kappa shape index (κ1) is 14.7. The van der Waals surface area contributed by atoms with Crippen LogP contribution in [0.25, 0.3) is 16.9 Å². The molecule has 3 aromatic heterocycles. The first-order valence-electron chi connectivity index (χ1n) is 6.96. The summed E-state index contributed by atoms with van der Waals surface area (Å²) in [6.07, 6.45) is 4.83. The molecule has 3 rings (SSSR count). The standard InChI is InChI=1S/C16H15N5O2/c1-10-12(14-5-7-19-20(14)2)8-13(15(17)22)16(23)21(10)11-4-3-6-18-9-11/h3-9H,1-2H3,(H2,17,22). The Bertz CT molecular complexity index is 941. The Hall–Kier alpha value is -3.22. The number of primary amides is 1. The predicted octanol–water partition coefficient (Wildman–Crippen LogP) is 1.04. The Morgan fingerprint density at radius 1 is 1.26 bits per heavy atom. The number of nitrogens with two attached hydrogens (primary N) is 1. The van der Waals surface area contributed by atoms with Crippen molar-refractivity contribution in [1.82, 2.24) is 19.3 Å². The smallest absolute Gasteiger partial charge is 0.268 e. The largest absolute Gasteiger partial charge is 0.365 e. The Morgan fingerprint density at radius 3 is 2.61 bits per heavy atom. The Kier molecular flexibility index (Phi) is 3.53. The van der Waals surface area contributed by atoms with Gasteiger partial charge >= 0.3 is 0 Å². The molecule has 0 aliphatic carbocycles. The third-order valence-corrected chi connectivity index (χ3v) is 3.71. The number of nitrogens with zero attached hydrogens (tertiary/aromatic N) is 4. The topological polar surface area (TPSA) is 95.8 Å². The number of pyridine rings is 2. The molecule has 2 N–H and O–H groups in total. The molecule has 116 valence electrons. The monoisotopic (exact) mass is 309 g/mol. The Balaban J connectivity index is 2.40. The molecule has 0 spiro atoms. The number of aromatic nitrogens is 4. The molecule has 0 aliphatic heterocycles. The van der Waals surface area contributed by atoms with Crippen LogP contribution < -0.4 is 11.3 Å². The summed E-state index contributed by atoms with van der Waals surface area (Å²) in [5.41, 5.74) is 7.58. The van der Waals surface area contributed by atoms with E-state index in [9.17, 15) is 9.59 Å². The van der Waals surface area contributed by atoms with E-state index in [-0.39, 0.29) is 5.56 Å². The number of carbonyl (C=O) groups is 1. The van der Waals surface area contributed by atoms with Crippen molar-refractivity contribution in [3.63, 3.8) is 0 Å². The van der Waals surface area contributed by atoms with Crippen LogP contribution in [0.5, 0.6) is 0 Å². The van der Waals surface area contributed by atoms with E-state index in [1.165, 1.54) is 10.6 Å². The van der Waals surface area contributed by atoms with Crippen molar-refractivity contribution in [1.29, 1.82) is 0 Å². The fraction of sp³-hybridized carbons (Fsp3) is 0.125. The summed E-state index contributed by atoms with van der Waals surface area (Å²) in [5.74, 6) is -0.768. The molecule has 7 heteroatoms. The molecule has 0 saturated carbocycles. The van der Waals surface area contributed by atoms with E-state index < -0.39 is 11.5 Å². The highest BCUT2D eigenvalue weighted by atomic mass is 16.2. The van der Waals surface area contributed by atoms with E-state index in [4.69, 9.17) is 5.73 Å². The number of amides is 1. The van der Waals surface area contributed by atoms with Gasteiger partial charge in [-0.15, -0.1) is 0 Å². The van der Waals surface area contributed by atoms with Gasteiger partial charge in [0.2, 0.25) is 0 Å². The van der Waals surface area contributed by atoms with E-state index in [2.05, 4.69) is 10.1 Å². The number of aryl methyl sites for hydroxylation is 1. The Labute approximate surface area is 132 Å². The van der Waals surface area contributed by atoms with Crippen molar-refractivity contribution < 1.29 is 4.79 Å². The molecule has 0 saturated heterocycles. The predicted molar refractivity (Wildman–Crippen MR) is 85.3 cm³/mol. The molecule has 0 bridgehead atoms. The zero-order valence-electron chi connectivity index (χ0n) is 12.7. The number of hydrogen-bond acceptors (Lipinski definition) is 4. The maximum Gasteiger partial charge on any atom is 0.268 e. The van der Waals surface area contributed by atoms with Crippen LogP contribution in [0.1, 0.15) is 16.1 Å². The van der Waals surface area contributed by atoms with Crippen molar-refractivity contribution in [2.24, 2.45) is 12.8 Å². The van der Waals surface area contributed by atoms with Crippen LogP contribution in [0.4, 0.5) is 0 Å². The second-order valence-electron chi connectivity index (χ2n) is 5.11. The summed E-state index contributed by atoms with van der Waals surface area (Å²) in [7, 11) is 1.79. The first-order valence-corrected chi connectivity index (χ1v) is 6.96. The van der Waals surface area contributed by atoms with Crippen LogP contribution >= 0.6 is 0 Å². The van der Waals surface area contributed by atoms with Gasteiger partial charge in [0.05, 0.1) is 17.6 Å². The van der Waals surface area contributed by atoms with Gasteiger partial charge in [-0.3, -0.25) is 23.8 Å². The molecule has 0 radical (unpaired) electrons. The fourth-order valence-corrected chi connectivity index (χ4v) is 2.57. The highest BCUT2D eigenvalue weighted by Crippen LogP contribution is 2.24. The van der Waals surface area contributed by atoms with Crippen LogP contribution in [0.3, 0.4) is 0 Å². The summed E-state index contributed by atoms with van der Waals surface area (Å²) in [5, 5.41) is 4.13. The summed E-state index contributed by atoms with van der Waals surface area (Å²) in [6, 6.07) is 6.80. The molecule has 23 heavy (non-hydrogen) atoms. The molecule has 0 unspecified atom stereocenters. The maximum atomic E-state index is 12.7. The highest BCUT2D eigenvalue weighted by Gasteiger charge is 2.19. The molecule has 3 aromatic rings. The highest BCUT2D eigenvalue weighted by molar-refractivity contribution is 5.94. The van der Waals surface area contributed by atoms with Crippen molar-refractivity contribution in [3.05, 3.63) is 64.5 Å². The van der Waals surface area contributed by atoms with Gasteiger partial charge in [0, 0.05) is 30.7 Å². The van der Waals surface area contributed by atoms with Crippen LogP contribution in [0, 0.1) is 6.92 Å². The lowest BCUT2D eigenvalue weighted by atomic mass is 10.1. The number of carbonyl (C=O) groups excluding carboxylic acids is 1. The average molecular weight is 309 g/mol. The van der Waals surface area contributed by atoms with Gasteiger partial charge in [0.1, 0.15) is 5.56 Å². The van der Waals surface area contributed by atoms with E-state index in [1.807, 2.05) is 13.0 Å². The maximum absolute atomic E-state index is 12.7. The molecule has 7 nitrogen and oxygen atoms in total. The summed E-state index contributed by atoms with van der Waals surface area (Å²) in [4.78, 5) is 28.4. The van der Waals surface area contributed by atoms with Gasteiger partial charge < -0.3 is 5.73 Å². The van der Waals surface area contributed by atoms with Crippen LogP contribution in [-0.2, 0) is 7.05 Å². The third-order valence-electron chi connectivity index (χ3n) is 3.71. The van der Waals surface area contributed by atoms with Crippen LogP contribution in [0.15, 0.2) is 47.7 Å². The fourth-order valence-electron chi connectivity index (χ4n) is 2.57. The summed E-state index contributed by atoms with van der Waals surface area (Å²) in [6.45, 7) is 1.81. The SMILES string of the molecule is Cc1c(-c2ccnn2C)cc(C(N)=O)c(=O)n1-c1cccnc1. The molecular formula is C16H15N5O2. The second-order valence-corrected chi connectivity index (χ2v) is 5.11. The summed E-state index contributed by atoms with van der Waals surface area (Å²) >= 11 is 0. The lowest BCUT2D eigenvalue weighted by Gasteiger charge is -2.15. The quantitative estimate of drug-likeness (QED) is 0.782. The van der Waals surface area contributed by atoms with Gasteiger partial charge in [-0.2, -0.15) is 5.10 Å². The molecular weight excluding hydrogens is 294 g/mol. The van der Waals surface area contributed by atoms with E-state index in [0.29, 0.717) is 16.9 Å². The molecule has 3 heterocycles. The first-order chi connectivity index (χ1) is 11.0. The second kappa shape index (κ2) is 5.53. The molecule has 0 aromatic carbocycles. The van der Waals surface area contributed by atoms with E-state index in [1.54, 1.807) is 42.5 Å². The minimum atomic E-state index is -0.768. The van der Waals surface area contributed by atoms with Crippen molar-refractivity contribution in [2.45, 2.75) is 6.92 Å². The molecule has 0 fully saturated rings. The lowest BCUT2D eigenvalue weighted by molar-refractivity contribution is 0.0998. The van der Waals surface area contributed by atoms with Crippen molar-refractivity contribution in [3.8, 4) is 16.9 Å². The lowest BCUT2D eigenvalue weighted by Crippen LogP contribution is -2.30. The average Bonchev–Trinajstić information content (AvgIpc) is 2.94. The van der Waals surface area contributed by atoms with Gasteiger partial charge in [0.15, 0.2) is 0 Å².